The van der Waals surface area contributed by atoms with Crippen LogP contribution in [-0.2, 0) is 0 Å². The molecule has 0 radical (unpaired) electrons. The summed E-state index contributed by atoms with van der Waals surface area (Å²) in [4.78, 5) is 0. The van der Waals surface area contributed by atoms with Crippen molar-refractivity contribution in [2.45, 2.75) is 38.8 Å². The predicted molar refractivity (Wildman–Crippen MR) is 82.9 cm³/mol. The van der Waals surface area contributed by atoms with E-state index in [4.69, 9.17) is 0 Å². The van der Waals surface area contributed by atoms with Gasteiger partial charge in [-0.2, -0.15) is 0 Å². The maximum atomic E-state index is 10.4. The van der Waals surface area contributed by atoms with E-state index in [1.807, 2.05) is 43.3 Å². The maximum Gasteiger partial charge on any atom is 0.128 e. The summed E-state index contributed by atoms with van der Waals surface area (Å²) in [5.74, 6) is 0.327. The van der Waals surface area contributed by atoms with Crippen LogP contribution in [-0.4, -0.2) is 22.9 Å². The van der Waals surface area contributed by atoms with E-state index in [-0.39, 0.29) is 12.1 Å². The number of aliphatic hydroxyl groups is 1. The van der Waals surface area contributed by atoms with Crippen LogP contribution in [0.2, 0.25) is 0 Å². The first-order valence-corrected chi connectivity index (χ1v) is 7.25. The zero-order chi connectivity index (χ0) is 14.5. The first kappa shape index (κ1) is 14.8. The SMILES string of the molecule is CCCC(O)CNC(C)c1ccc2ccccc2c1O. The predicted octanol–water partition coefficient (Wildman–Crippen LogP) is 3.36. The van der Waals surface area contributed by atoms with Crippen LogP contribution < -0.4 is 5.32 Å². The number of hydrogen-bond donors (Lipinski definition) is 3. The van der Waals surface area contributed by atoms with E-state index in [2.05, 4.69) is 12.2 Å². The maximum absolute atomic E-state index is 10.4. The number of hydrogen-bond acceptors (Lipinski definition) is 3. The number of aromatic hydroxyl groups is 1. The highest BCUT2D eigenvalue weighted by molar-refractivity contribution is 5.89. The lowest BCUT2D eigenvalue weighted by atomic mass is 10.0. The molecule has 0 aliphatic rings. The number of rotatable bonds is 6. The first-order valence-electron chi connectivity index (χ1n) is 7.25. The minimum absolute atomic E-state index is 0.00566. The fourth-order valence-corrected chi connectivity index (χ4v) is 2.48. The normalized spacial score (nSPS) is 14.3. The Morgan fingerprint density at radius 1 is 1.15 bits per heavy atom. The molecule has 0 bridgehead atoms. The van der Waals surface area contributed by atoms with Crippen LogP contribution in [0.15, 0.2) is 36.4 Å². The van der Waals surface area contributed by atoms with Crippen molar-refractivity contribution in [3.05, 3.63) is 42.0 Å². The molecule has 0 aromatic heterocycles. The zero-order valence-corrected chi connectivity index (χ0v) is 12.1. The number of aliphatic hydroxyl groups excluding tert-OH is 1. The number of benzene rings is 2. The lowest BCUT2D eigenvalue weighted by Crippen LogP contribution is -2.29. The summed E-state index contributed by atoms with van der Waals surface area (Å²) in [7, 11) is 0. The Morgan fingerprint density at radius 2 is 1.90 bits per heavy atom. The lowest BCUT2D eigenvalue weighted by Gasteiger charge is -2.19. The van der Waals surface area contributed by atoms with Crippen molar-refractivity contribution in [3.8, 4) is 5.75 Å². The molecule has 0 amide bonds. The molecule has 108 valence electrons. The third-order valence-corrected chi connectivity index (χ3v) is 3.68. The van der Waals surface area contributed by atoms with Gasteiger partial charge >= 0.3 is 0 Å². The van der Waals surface area contributed by atoms with Crippen molar-refractivity contribution in [1.82, 2.24) is 5.32 Å². The van der Waals surface area contributed by atoms with Gasteiger partial charge in [0.2, 0.25) is 0 Å². The Labute approximate surface area is 120 Å². The second-order valence-corrected chi connectivity index (χ2v) is 5.30. The van der Waals surface area contributed by atoms with Crippen molar-refractivity contribution < 1.29 is 10.2 Å². The number of fused-ring (bicyclic) bond motifs is 1. The van der Waals surface area contributed by atoms with Crippen molar-refractivity contribution in [2.75, 3.05) is 6.54 Å². The quantitative estimate of drug-likeness (QED) is 0.756. The van der Waals surface area contributed by atoms with Gasteiger partial charge in [-0.25, -0.2) is 0 Å². The van der Waals surface area contributed by atoms with E-state index in [9.17, 15) is 10.2 Å². The molecule has 3 heteroatoms. The summed E-state index contributed by atoms with van der Waals surface area (Å²) in [5, 5.41) is 25.3. The summed E-state index contributed by atoms with van der Waals surface area (Å²) >= 11 is 0. The highest BCUT2D eigenvalue weighted by Gasteiger charge is 2.13. The Morgan fingerprint density at radius 3 is 2.65 bits per heavy atom. The molecule has 0 aliphatic carbocycles. The van der Waals surface area contributed by atoms with Crippen LogP contribution in [0.5, 0.6) is 5.75 Å². The van der Waals surface area contributed by atoms with Gasteiger partial charge in [-0.05, 0) is 18.7 Å². The summed E-state index contributed by atoms with van der Waals surface area (Å²) in [6, 6.07) is 11.8. The van der Waals surface area contributed by atoms with Crippen LogP contribution in [0.4, 0.5) is 0 Å². The molecular weight excluding hydrogens is 250 g/mol. The Balaban J connectivity index is 2.14. The van der Waals surface area contributed by atoms with Crippen molar-refractivity contribution >= 4 is 10.8 Å². The Kier molecular flexibility index (Phi) is 4.99. The standard InChI is InChI=1S/C17H23NO2/c1-3-6-14(19)11-18-12(2)15-10-9-13-7-4-5-8-16(13)17(15)20/h4-5,7-10,12,14,18-20H,3,6,11H2,1-2H3. The number of phenols is 1. The van der Waals surface area contributed by atoms with Gasteiger partial charge in [-0.15, -0.1) is 0 Å². The van der Waals surface area contributed by atoms with Gasteiger partial charge in [0, 0.05) is 23.5 Å². The second kappa shape index (κ2) is 6.73. The molecule has 2 aromatic carbocycles. The summed E-state index contributed by atoms with van der Waals surface area (Å²) in [5.41, 5.74) is 0.868. The molecule has 3 N–H and O–H groups in total. The van der Waals surface area contributed by atoms with Crippen LogP contribution in [0.3, 0.4) is 0 Å². The van der Waals surface area contributed by atoms with Crippen LogP contribution in [0.1, 0.15) is 38.3 Å². The van der Waals surface area contributed by atoms with Crippen LogP contribution in [0.25, 0.3) is 10.8 Å². The molecule has 0 saturated carbocycles. The monoisotopic (exact) mass is 273 g/mol. The lowest BCUT2D eigenvalue weighted by molar-refractivity contribution is 0.157. The van der Waals surface area contributed by atoms with Crippen molar-refractivity contribution in [3.63, 3.8) is 0 Å². The molecule has 2 unspecified atom stereocenters. The molecule has 0 heterocycles. The van der Waals surface area contributed by atoms with E-state index in [0.717, 1.165) is 29.2 Å². The highest BCUT2D eigenvalue weighted by Crippen LogP contribution is 2.32. The largest absolute Gasteiger partial charge is 0.507 e. The third kappa shape index (κ3) is 3.30. The van der Waals surface area contributed by atoms with E-state index in [1.54, 1.807) is 0 Å². The fourth-order valence-electron chi connectivity index (χ4n) is 2.48. The fraction of sp³-hybridized carbons (Fsp3) is 0.412. The van der Waals surface area contributed by atoms with Gasteiger partial charge in [-0.1, -0.05) is 49.7 Å². The average Bonchev–Trinajstić information content (AvgIpc) is 2.46. The molecule has 0 spiro atoms. The zero-order valence-electron chi connectivity index (χ0n) is 12.1. The Hall–Kier alpha value is -1.58. The second-order valence-electron chi connectivity index (χ2n) is 5.30. The molecular formula is C17H23NO2. The van der Waals surface area contributed by atoms with Crippen LogP contribution >= 0.6 is 0 Å². The summed E-state index contributed by atoms with van der Waals surface area (Å²) in [6.45, 7) is 4.60. The third-order valence-electron chi connectivity index (χ3n) is 3.68. The minimum Gasteiger partial charge on any atom is -0.507 e. The van der Waals surface area contributed by atoms with Gasteiger partial charge in [0.05, 0.1) is 6.10 Å². The molecule has 0 aliphatic heterocycles. The molecule has 2 rings (SSSR count). The molecule has 0 saturated heterocycles. The van der Waals surface area contributed by atoms with Crippen molar-refractivity contribution in [2.24, 2.45) is 0 Å². The smallest absolute Gasteiger partial charge is 0.128 e. The van der Waals surface area contributed by atoms with E-state index in [1.165, 1.54) is 0 Å². The molecule has 20 heavy (non-hydrogen) atoms. The van der Waals surface area contributed by atoms with Gasteiger partial charge in [-0.3, -0.25) is 0 Å². The molecule has 0 fully saturated rings. The number of phenolic OH excluding ortho intramolecular Hbond substituents is 1. The first-order chi connectivity index (χ1) is 9.63. The minimum atomic E-state index is -0.329. The molecule has 3 nitrogen and oxygen atoms in total. The van der Waals surface area contributed by atoms with E-state index in [0.29, 0.717) is 12.3 Å². The van der Waals surface area contributed by atoms with Gasteiger partial charge in [0.25, 0.3) is 0 Å². The van der Waals surface area contributed by atoms with Gasteiger partial charge < -0.3 is 15.5 Å². The summed E-state index contributed by atoms with van der Waals surface area (Å²) in [6.07, 6.45) is 1.44. The molecule has 2 atom stereocenters. The Bertz CT molecular complexity index is 568. The van der Waals surface area contributed by atoms with Crippen molar-refractivity contribution in [1.29, 1.82) is 0 Å². The summed E-state index contributed by atoms with van der Waals surface area (Å²) < 4.78 is 0. The van der Waals surface area contributed by atoms with Gasteiger partial charge in [0.1, 0.15) is 5.75 Å². The van der Waals surface area contributed by atoms with E-state index < -0.39 is 0 Å². The van der Waals surface area contributed by atoms with E-state index >= 15 is 0 Å². The average molecular weight is 273 g/mol. The number of nitrogens with one attached hydrogen (secondary N) is 1. The topological polar surface area (TPSA) is 52.5 Å². The van der Waals surface area contributed by atoms with Crippen LogP contribution in [0, 0.1) is 0 Å². The highest BCUT2D eigenvalue weighted by atomic mass is 16.3. The van der Waals surface area contributed by atoms with Gasteiger partial charge in [0.15, 0.2) is 0 Å². The molecule has 2 aromatic rings.